The van der Waals surface area contributed by atoms with Gasteiger partial charge >= 0.3 is 5.97 Å². The average Bonchev–Trinajstić information content (AvgIpc) is 3.06. The van der Waals surface area contributed by atoms with Crippen LogP contribution in [0.2, 0.25) is 0 Å². The number of nitrogens with one attached hydrogen (secondary N) is 1. The Bertz CT molecular complexity index is 960. The van der Waals surface area contributed by atoms with Gasteiger partial charge in [-0.05, 0) is 61.4 Å². The molecule has 1 N–H and O–H groups in total. The van der Waals surface area contributed by atoms with Crippen molar-refractivity contribution in [2.45, 2.75) is 20.3 Å². The summed E-state index contributed by atoms with van der Waals surface area (Å²) in [7, 11) is 0. The third-order valence-electron chi connectivity index (χ3n) is 4.72. The van der Waals surface area contributed by atoms with E-state index in [1.165, 1.54) is 0 Å². The largest absolute Gasteiger partial charge is 0.455 e. The molecule has 0 unspecified atom stereocenters. The number of halogens is 2. The molecule has 3 rings (SSSR count). The Morgan fingerprint density at radius 1 is 1.14 bits per heavy atom. The van der Waals surface area contributed by atoms with Crippen LogP contribution in [0.3, 0.4) is 0 Å². The lowest BCUT2D eigenvalue weighted by Crippen LogP contribution is -2.28. The van der Waals surface area contributed by atoms with Crippen LogP contribution in [-0.4, -0.2) is 30.9 Å². The Morgan fingerprint density at radius 2 is 1.83 bits per heavy atom. The molecule has 2 amide bonds. The molecule has 0 aliphatic carbocycles. The Balaban J connectivity index is 1.54. The minimum absolute atomic E-state index is 0.0710. The standard InChI is InChI=1S/C21H20Br2N2O4/c1-12-8-18(13(2)7-17(12)23)24-19(26)11-29-21(28)14-9-20(27)25(10-14)16-5-3-15(22)4-6-16/h3-8,14H,9-11H2,1-2H3,(H,24,26)/t14-/m0/s1. The number of anilines is 2. The molecular weight excluding hydrogens is 504 g/mol. The van der Waals surface area contributed by atoms with Gasteiger partial charge in [0.1, 0.15) is 0 Å². The number of ether oxygens (including phenoxy) is 1. The van der Waals surface area contributed by atoms with Crippen LogP contribution >= 0.6 is 31.9 Å². The number of rotatable bonds is 5. The molecule has 2 aromatic carbocycles. The number of hydrogen-bond acceptors (Lipinski definition) is 4. The topological polar surface area (TPSA) is 75.7 Å². The van der Waals surface area contributed by atoms with Crippen molar-refractivity contribution in [1.82, 2.24) is 0 Å². The summed E-state index contributed by atoms with van der Waals surface area (Å²) < 4.78 is 7.03. The number of nitrogens with zero attached hydrogens (tertiary/aromatic N) is 1. The molecule has 1 atom stereocenters. The van der Waals surface area contributed by atoms with Gasteiger partial charge in [-0.15, -0.1) is 0 Å². The molecule has 0 aromatic heterocycles. The van der Waals surface area contributed by atoms with Gasteiger partial charge in [-0.2, -0.15) is 0 Å². The number of carbonyl (C=O) groups is 3. The summed E-state index contributed by atoms with van der Waals surface area (Å²) in [5.41, 5.74) is 3.28. The molecule has 0 radical (unpaired) electrons. The van der Waals surface area contributed by atoms with Crippen molar-refractivity contribution in [2.24, 2.45) is 5.92 Å². The van der Waals surface area contributed by atoms with E-state index in [0.717, 1.165) is 25.8 Å². The lowest BCUT2D eigenvalue weighted by Gasteiger charge is -2.16. The summed E-state index contributed by atoms with van der Waals surface area (Å²) in [5.74, 6) is -1.69. The molecule has 1 aliphatic rings. The van der Waals surface area contributed by atoms with Gasteiger partial charge < -0.3 is 15.0 Å². The first-order valence-electron chi connectivity index (χ1n) is 9.03. The van der Waals surface area contributed by atoms with E-state index in [9.17, 15) is 14.4 Å². The maximum atomic E-state index is 12.3. The Hall–Kier alpha value is -2.19. The fourth-order valence-corrected chi connectivity index (χ4v) is 3.81. The molecule has 0 spiro atoms. The number of esters is 1. The molecule has 8 heteroatoms. The van der Waals surface area contributed by atoms with Crippen molar-refractivity contribution in [2.75, 3.05) is 23.4 Å². The lowest BCUT2D eigenvalue weighted by atomic mass is 10.1. The van der Waals surface area contributed by atoms with E-state index in [2.05, 4.69) is 37.2 Å². The zero-order valence-electron chi connectivity index (χ0n) is 16.0. The van der Waals surface area contributed by atoms with Crippen LogP contribution in [0.5, 0.6) is 0 Å². The van der Waals surface area contributed by atoms with E-state index in [0.29, 0.717) is 5.69 Å². The van der Waals surface area contributed by atoms with Gasteiger partial charge in [0.25, 0.3) is 5.91 Å². The highest BCUT2D eigenvalue weighted by atomic mass is 79.9. The molecule has 1 fully saturated rings. The van der Waals surface area contributed by atoms with E-state index in [4.69, 9.17) is 4.74 Å². The number of hydrogen-bond donors (Lipinski definition) is 1. The van der Waals surface area contributed by atoms with Crippen LogP contribution in [0, 0.1) is 19.8 Å². The van der Waals surface area contributed by atoms with Crippen LogP contribution < -0.4 is 10.2 Å². The normalized spacial score (nSPS) is 16.1. The highest BCUT2D eigenvalue weighted by Crippen LogP contribution is 2.27. The summed E-state index contributed by atoms with van der Waals surface area (Å²) in [4.78, 5) is 38.4. The third kappa shape index (κ3) is 5.25. The SMILES string of the molecule is Cc1cc(NC(=O)COC(=O)[C@H]2CC(=O)N(c3ccc(Br)cc3)C2)c(C)cc1Br. The van der Waals surface area contributed by atoms with E-state index < -0.39 is 24.4 Å². The van der Waals surface area contributed by atoms with Crippen molar-refractivity contribution >= 4 is 61.0 Å². The minimum Gasteiger partial charge on any atom is -0.455 e. The molecule has 2 aromatic rings. The Labute approximate surface area is 185 Å². The first-order valence-corrected chi connectivity index (χ1v) is 10.6. The fourth-order valence-electron chi connectivity index (χ4n) is 3.09. The molecule has 152 valence electrons. The predicted octanol–water partition coefficient (Wildman–Crippen LogP) is 4.36. The maximum Gasteiger partial charge on any atom is 0.311 e. The summed E-state index contributed by atoms with van der Waals surface area (Å²) in [5, 5.41) is 2.75. The van der Waals surface area contributed by atoms with Crippen LogP contribution in [0.1, 0.15) is 17.5 Å². The third-order valence-corrected chi connectivity index (χ3v) is 6.10. The van der Waals surface area contributed by atoms with Crippen LogP contribution in [0.25, 0.3) is 0 Å². The van der Waals surface area contributed by atoms with E-state index in [-0.39, 0.29) is 18.9 Å². The number of amides is 2. The molecule has 0 bridgehead atoms. The van der Waals surface area contributed by atoms with Crippen LogP contribution in [-0.2, 0) is 19.1 Å². The second kappa shape index (κ2) is 9.09. The number of carbonyl (C=O) groups excluding carboxylic acids is 3. The molecule has 0 saturated carbocycles. The van der Waals surface area contributed by atoms with E-state index in [1.807, 2.05) is 50.2 Å². The molecular formula is C21H20Br2N2O4. The van der Waals surface area contributed by atoms with Crippen molar-refractivity contribution < 1.29 is 19.1 Å². The number of benzene rings is 2. The Morgan fingerprint density at radius 3 is 2.52 bits per heavy atom. The van der Waals surface area contributed by atoms with E-state index >= 15 is 0 Å². The average molecular weight is 524 g/mol. The molecule has 1 saturated heterocycles. The smallest absolute Gasteiger partial charge is 0.311 e. The van der Waals surface area contributed by atoms with Gasteiger partial charge in [-0.25, -0.2) is 0 Å². The summed E-state index contributed by atoms with van der Waals surface area (Å²) in [6, 6.07) is 11.1. The van der Waals surface area contributed by atoms with Gasteiger partial charge in [-0.1, -0.05) is 31.9 Å². The van der Waals surface area contributed by atoms with Gasteiger partial charge in [-0.3, -0.25) is 14.4 Å². The van der Waals surface area contributed by atoms with Crippen molar-refractivity contribution in [3.05, 3.63) is 56.5 Å². The summed E-state index contributed by atoms with van der Waals surface area (Å²) in [6.07, 6.45) is 0.0710. The van der Waals surface area contributed by atoms with Crippen molar-refractivity contribution in [1.29, 1.82) is 0 Å². The van der Waals surface area contributed by atoms with Crippen molar-refractivity contribution in [3.63, 3.8) is 0 Å². The van der Waals surface area contributed by atoms with Gasteiger partial charge in [0.05, 0.1) is 5.92 Å². The predicted molar refractivity (Wildman–Crippen MR) is 118 cm³/mol. The molecule has 29 heavy (non-hydrogen) atoms. The first-order chi connectivity index (χ1) is 13.7. The van der Waals surface area contributed by atoms with Gasteiger partial charge in [0, 0.05) is 33.3 Å². The fraction of sp³-hybridized carbons (Fsp3) is 0.286. The van der Waals surface area contributed by atoms with Gasteiger partial charge in [0.15, 0.2) is 6.61 Å². The zero-order chi connectivity index (χ0) is 21.1. The van der Waals surface area contributed by atoms with Crippen LogP contribution in [0.4, 0.5) is 11.4 Å². The molecule has 6 nitrogen and oxygen atoms in total. The molecule has 1 heterocycles. The maximum absolute atomic E-state index is 12.3. The van der Waals surface area contributed by atoms with E-state index in [1.54, 1.807) is 4.90 Å². The van der Waals surface area contributed by atoms with Gasteiger partial charge in [0.2, 0.25) is 5.91 Å². The highest BCUT2D eigenvalue weighted by molar-refractivity contribution is 9.10. The quantitative estimate of drug-likeness (QED) is 0.591. The summed E-state index contributed by atoms with van der Waals surface area (Å²) >= 11 is 6.80. The second-order valence-electron chi connectivity index (χ2n) is 6.95. The number of aryl methyl sites for hydroxylation is 2. The minimum atomic E-state index is -0.587. The Kier molecular flexibility index (Phi) is 6.74. The lowest BCUT2D eigenvalue weighted by molar-refractivity contribution is -0.151. The highest BCUT2D eigenvalue weighted by Gasteiger charge is 2.36. The van der Waals surface area contributed by atoms with Crippen LogP contribution in [0.15, 0.2) is 45.3 Å². The first kappa shape index (κ1) is 21.5. The summed E-state index contributed by atoms with van der Waals surface area (Å²) in [6.45, 7) is 3.66. The second-order valence-corrected chi connectivity index (χ2v) is 8.72. The molecule has 1 aliphatic heterocycles. The monoisotopic (exact) mass is 522 g/mol. The van der Waals surface area contributed by atoms with Crippen molar-refractivity contribution in [3.8, 4) is 0 Å². The zero-order valence-corrected chi connectivity index (χ0v) is 19.2.